The molecule has 1 aliphatic carbocycles. The van der Waals surface area contributed by atoms with Crippen molar-refractivity contribution >= 4 is 43.9 Å². The molecule has 0 atom stereocenters. The summed E-state index contributed by atoms with van der Waals surface area (Å²) in [5.41, 5.74) is 15.5. The van der Waals surface area contributed by atoms with Gasteiger partial charge in [0.2, 0.25) is 0 Å². The smallest absolute Gasteiger partial charge is 0.164 e. The summed E-state index contributed by atoms with van der Waals surface area (Å²) in [6.07, 6.45) is 0. The van der Waals surface area contributed by atoms with Crippen LogP contribution in [0.25, 0.3) is 111 Å². The standard InChI is InChI=1S/C54H35N3O2/c1-54(2)43-20-10-9-17-38(43)39-26-23-36(31-44(39)54)52-55-51(33-15-7-4-8-16-33)56-53(57-52)40-19-12-22-48-50(40)42-30-35(25-28-46(42)59-48)37-18-11-21-47-49(37)41-29-34(24-27-45(41)58-47)32-13-5-3-6-14-32/h3-31H,1-2H3. The lowest BCUT2D eigenvalue weighted by molar-refractivity contribution is 0.660. The third-order valence-corrected chi connectivity index (χ3v) is 12.2. The van der Waals surface area contributed by atoms with Gasteiger partial charge in [-0.15, -0.1) is 0 Å². The molecular formula is C54H35N3O2. The molecule has 0 fully saturated rings. The van der Waals surface area contributed by atoms with Gasteiger partial charge in [-0.05, 0) is 87.0 Å². The van der Waals surface area contributed by atoms with Crippen molar-refractivity contribution in [1.29, 1.82) is 0 Å². The highest BCUT2D eigenvalue weighted by molar-refractivity contribution is 6.16. The molecule has 0 aliphatic heterocycles. The van der Waals surface area contributed by atoms with Crippen molar-refractivity contribution in [2.75, 3.05) is 0 Å². The Hall–Kier alpha value is -7.63. The number of benzene rings is 8. The third kappa shape index (κ3) is 5.21. The van der Waals surface area contributed by atoms with E-state index >= 15 is 0 Å². The molecule has 0 unspecified atom stereocenters. The van der Waals surface area contributed by atoms with Crippen LogP contribution in [-0.2, 0) is 5.41 Å². The lowest BCUT2D eigenvalue weighted by atomic mass is 9.82. The van der Waals surface area contributed by atoms with Crippen LogP contribution in [0.3, 0.4) is 0 Å². The fourth-order valence-electron chi connectivity index (χ4n) is 9.24. The molecule has 0 saturated heterocycles. The molecular weight excluding hydrogens is 723 g/mol. The van der Waals surface area contributed by atoms with Crippen LogP contribution in [0.1, 0.15) is 25.0 Å². The normalized spacial score (nSPS) is 13.1. The van der Waals surface area contributed by atoms with Crippen LogP contribution in [0.5, 0.6) is 0 Å². The Morgan fingerprint density at radius 3 is 1.59 bits per heavy atom. The molecule has 5 nitrogen and oxygen atoms in total. The quantitative estimate of drug-likeness (QED) is 0.175. The van der Waals surface area contributed by atoms with E-state index in [1.807, 2.05) is 36.4 Å². The zero-order valence-electron chi connectivity index (χ0n) is 32.4. The summed E-state index contributed by atoms with van der Waals surface area (Å²) < 4.78 is 13.0. The monoisotopic (exact) mass is 757 g/mol. The lowest BCUT2D eigenvalue weighted by Gasteiger charge is -2.21. The summed E-state index contributed by atoms with van der Waals surface area (Å²) in [5.74, 6) is 1.83. The van der Waals surface area contributed by atoms with Gasteiger partial charge < -0.3 is 8.83 Å². The zero-order valence-corrected chi connectivity index (χ0v) is 32.4. The Labute approximate surface area is 340 Å². The fraction of sp³-hybridized carbons (Fsp3) is 0.0556. The summed E-state index contributed by atoms with van der Waals surface area (Å²) in [6.45, 7) is 4.60. The molecule has 3 heterocycles. The van der Waals surface area contributed by atoms with Crippen LogP contribution in [-0.4, -0.2) is 15.0 Å². The molecule has 8 aromatic carbocycles. The van der Waals surface area contributed by atoms with Crippen molar-refractivity contribution in [3.63, 3.8) is 0 Å². The zero-order chi connectivity index (χ0) is 39.2. The highest BCUT2D eigenvalue weighted by atomic mass is 16.3. The minimum absolute atomic E-state index is 0.156. The van der Waals surface area contributed by atoms with Gasteiger partial charge in [-0.2, -0.15) is 0 Å². The second kappa shape index (κ2) is 12.7. The molecule has 0 bridgehead atoms. The maximum Gasteiger partial charge on any atom is 0.164 e. The Kier molecular flexibility index (Phi) is 7.20. The summed E-state index contributed by atoms with van der Waals surface area (Å²) in [7, 11) is 0. The molecule has 12 rings (SSSR count). The lowest BCUT2D eigenvalue weighted by Crippen LogP contribution is -2.15. The second-order valence-corrected chi connectivity index (χ2v) is 16.0. The van der Waals surface area contributed by atoms with E-state index in [1.54, 1.807) is 0 Å². The van der Waals surface area contributed by atoms with E-state index in [1.165, 1.54) is 27.8 Å². The van der Waals surface area contributed by atoms with E-state index in [-0.39, 0.29) is 5.41 Å². The van der Waals surface area contributed by atoms with Crippen LogP contribution in [0, 0.1) is 0 Å². The maximum atomic E-state index is 6.56. The Morgan fingerprint density at radius 2 is 0.864 bits per heavy atom. The van der Waals surface area contributed by atoms with Gasteiger partial charge in [0, 0.05) is 43.7 Å². The second-order valence-electron chi connectivity index (χ2n) is 16.0. The minimum atomic E-state index is -0.156. The maximum absolute atomic E-state index is 6.56. The van der Waals surface area contributed by atoms with E-state index in [2.05, 4.69) is 153 Å². The van der Waals surface area contributed by atoms with Crippen molar-refractivity contribution in [2.24, 2.45) is 0 Å². The topological polar surface area (TPSA) is 65.0 Å². The van der Waals surface area contributed by atoms with Crippen molar-refractivity contribution in [3.05, 3.63) is 187 Å². The SMILES string of the molecule is CC1(C)c2ccccc2-c2ccc(-c3nc(-c4ccccc4)nc(-c4cccc5oc6ccc(-c7cccc8oc9ccc(-c%10ccccc%10)cc9c78)cc6c45)n3)cc21. The van der Waals surface area contributed by atoms with Gasteiger partial charge in [-0.25, -0.2) is 15.0 Å². The van der Waals surface area contributed by atoms with Gasteiger partial charge in [0.25, 0.3) is 0 Å². The molecule has 0 amide bonds. The van der Waals surface area contributed by atoms with Crippen molar-refractivity contribution in [1.82, 2.24) is 15.0 Å². The average molecular weight is 758 g/mol. The van der Waals surface area contributed by atoms with E-state index in [0.717, 1.165) is 77.3 Å². The first-order valence-electron chi connectivity index (χ1n) is 20.0. The summed E-state index contributed by atoms with van der Waals surface area (Å²) in [4.78, 5) is 15.6. The first-order chi connectivity index (χ1) is 29.0. The number of rotatable bonds is 5. The number of fused-ring (bicyclic) bond motifs is 9. The molecule has 0 radical (unpaired) electrons. The fourth-order valence-corrected chi connectivity index (χ4v) is 9.24. The van der Waals surface area contributed by atoms with Crippen LogP contribution >= 0.6 is 0 Å². The van der Waals surface area contributed by atoms with Gasteiger partial charge >= 0.3 is 0 Å². The molecule has 5 heteroatoms. The van der Waals surface area contributed by atoms with Crippen molar-refractivity contribution < 1.29 is 8.83 Å². The van der Waals surface area contributed by atoms with Gasteiger partial charge in [0.05, 0.1) is 0 Å². The molecule has 59 heavy (non-hydrogen) atoms. The van der Waals surface area contributed by atoms with Gasteiger partial charge in [-0.1, -0.05) is 147 Å². The van der Waals surface area contributed by atoms with E-state index in [0.29, 0.717) is 17.5 Å². The summed E-state index contributed by atoms with van der Waals surface area (Å²) in [5, 5.41) is 4.12. The van der Waals surface area contributed by atoms with Crippen LogP contribution in [0.2, 0.25) is 0 Å². The molecule has 278 valence electrons. The predicted molar refractivity (Wildman–Crippen MR) is 239 cm³/mol. The number of nitrogens with zero attached hydrogens (tertiary/aromatic N) is 3. The van der Waals surface area contributed by atoms with Crippen LogP contribution < -0.4 is 0 Å². The largest absolute Gasteiger partial charge is 0.456 e. The molecule has 3 aromatic heterocycles. The number of furan rings is 2. The number of hydrogen-bond donors (Lipinski definition) is 0. The van der Waals surface area contributed by atoms with Crippen molar-refractivity contribution in [3.8, 4) is 67.5 Å². The highest BCUT2D eigenvalue weighted by Crippen LogP contribution is 2.49. The van der Waals surface area contributed by atoms with Crippen LogP contribution in [0.4, 0.5) is 0 Å². The minimum Gasteiger partial charge on any atom is -0.456 e. The van der Waals surface area contributed by atoms with Gasteiger partial charge in [-0.3, -0.25) is 0 Å². The van der Waals surface area contributed by atoms with E-state index in [9.17, 15) is 0 Å². The number of aromatic nitrogens is 3. The number of hydrogen-bond acceptors (Lipinski definition) is 5. The summed E-state index contributed by atoms with van der Waals surface area (Å²) >= 11 is 0. The van der Waals surface area contributed by atoms with Gasteiger partial charge in [0.1, 0.15) is 22.3 Å². The van der Waals surface area contributed by atoms with E-state index in [4.69, 9.17) is 23.8 Å². The van der Waals surface area contributed by atoms with Gasteiger partial charge in [0.15, 0.2) is 17.5 Å². The highest BCUT2D eigenvalue weighted by Gasteiger charge is 2.35. The molecule has 0 spiro atoms. The molecule has 11 aromatic rings. The predicted octanol–water partition coefficient (Wildman–Crippen LogP) is 14.3. The first kappa shape index (κ1) is 33.5. The molecule has 1 aliphatic rings. The Balaban J connectivity index is 1.04. The summed E-state index contributed by atoms with van der Waals surface area (Å²) in [6, 6.07) is 61.3. The molecule has 0 saturated carbocycles. The first-order valence-corrected chi connectivity index (χ1v) is 20.0. The third-order valence-electron chi connectivity index (χ3n) is 12.2. The Bertz CT molecular complexity index is 3470. The average Bonchev–Trinajstić information content (AvgIpc) is 3.93. The Morgan fingerprint density at radius 1 is 0.339 bits per heavy atom. The molecule has 0 N–H and O–H groups in total. The van der Waals surface area contributed by atoms with Crippen LogP contribution in [0.15, 0.2) is 185 Å². The van der Waals surface area contributed by atoms with E-state index < -0.39 is 0 Å². The van der Waals surface area contributed by atoms with Crippen molar-refractivity contribution in [2.45, 2.75) is 19.3 Å².